The summed E-state index contributed by atoms with van der Waals surface area (Å²) in [7, 11) is 0. The summed E-state index contributed by atoms with van der Waals surface area (Å²) in [5.74, 6) is 1.28. The minimum atomic E-state index is 0.169. The third-order valence-corrected chi connectivity index (χ3v) is 2.84. The van der Waals surface area contributed by atoms with Crippen LogP contribution in [0.4, 0.5) is 0 Å². The first-order valence-electron chi connectivity index (χ1n) is 5.08. The lowest BCUT2D eigenvalue weighted by Gasteiger charge is -2.05. The first kappa shape index (κ1) is 10.4. The smallest absolute Gasteiger partial charge is 0.223 e. The zero-order chi connectivity index (χ0) is 10.8. The molecule has 2 rings (SSSR count). The second-order valence-corrected chi connectivity index (χ2v) is 4.18. The van der Waals surface area contributed by atoms with Gasteiger partial charge in [0.05, 0.1) is 0 Å². The van der Waals surface area contributed by atoms with Gasteiger partial charge >= 0.3 is 0 Å². The summed E-state index contributed by atoms with van der Waals surface area (Å²) in [6, 6.07) is 0. The molecule has 0 aromatic carbocycles. The van der Waals surface area contributed by atoms with E-state index >= 15 is 0 Å². The Morgan fingerprint density at radius 2 is 2.47 bits per heavy atom. The highest BCUT2D eigenvalue weighted by Crippen LogP contribution is 2.28. The molecule has 15 heavy (non-hydrogen) atoms. The highest BCUT2D eigenvalue weighted by atomic mass is 32.1. The quantitative estimate of drug-likeness (QED) is 0.746. The minimum absolute atomic E-state index is 0.169. The van der Waals surface area contributed by atoms with Crippen LogP contribution >= 0.6 is 12.2 Å². The molecule has 1 aromatic rings. The van der Waals surface area contributed by atoms with Crippen molar-refractivity contribution in [3.05, 3.63) is 10.6 Å². The topological polar surface area (TPSA) is 62.7 Å². The molecule has 0 aliphatic heterocycles. The number of amides is 1. The van der Waals surface area contributed by atoms with E-state index in [1.165, 1.54) is 0 Å². The molecule has 6 heteroatoms. The van der Waals surface area contributed by atoms with E-state index in [0.717, 1.165) is 18.7 Å². The third-order valence-electron chi connectivity index (χ3n) is 2.53. The van der Waals surface area contributed by atoms with E-state index in [0.29, 0.717) is 17.9 Å². The van der Waals surface area contributed by atoms with Gasteiger partial charge in [-0.1, -0.05) is 0 Å². The van der Waals surface area contributed by atoms with Crippen molar-refractivity contribution in [1.82, 2.24) is 20.1 Å². The number of H-pyrrole nitrogens is 1. The van der Waals surface area contributed by atoms with Gasteiger partial charge in [0.25, 0.3) is 0 Å². The average molecular weight is 226 g/mol. The van der Waals surface area contributed by atoms with Gasteiger partial charge in [-0.3, -0.25) is 9.89 Å². The van der Waals surface area contributed by atoms with Crippen molar-refractivity contribution in [3.8, 4) is 0 Å². The number of rotatable bonds is 4. The predicted octanol–water partition coefficient (Wildman–Crippen LogP) is 0.775. The zero-order valence-electron chi connectivity index (χ0n) is 8.62. The fourth-order valence-electron chi connectivity index (χ4n) is 1.44. The predicted molar refractivity (Wildman–Crippen MR) is 57.9 cm³/mol. The molecular formula is C9H14N4OS. The molecule has 1 amide bonds. The number of carbonyl (C=O) groups excluding carboxylic acids is 1. The number of nitrogens with one attached hydrogen (secondary N) is 2. The van der Waals surface area contributed by atoms with Crippen LogP contribution in [0.25, 0.3) is 0 Å². The lowest BCUT2D eigenvalue weighted by atomic mass is 10.4. The monoisotopic (exact) mass is 226 g/mol. The number of aromatic nitrogens is 3. The first-order chi connectivity index (χ1) is 7.18. The van der Waals surface area contributed by atoms with Crippen LogP contribution in [0, 0.1) is 17.6 Å². The maximum absolute atomic E-state index is 11.3. The van der Waals surface area contributed by atoms with Crippen LogP contribution in [0.3, 0.4) is 0 Å². The number of hydrogen-bond acceptors (Lipinski definition) is 3. The van der Waals surface area contributed by atoms with Gasteiger partial charge in [-0.05, 0) is 32.0 Å². The molecule has 5 nitrogen and oxygen atoms in total. The van der Waals surface area contributed by atoms with E-state index in [9.17, 15) is 4.79 Å². The molecule has 1 aromatic heterocycles. The van der Waals surface area contributed by atoms with E-state index in [-0.39, 0.29) is 11.8 Å². The summed E-state index contributed by atoms with van der Waals surface area (Å²) in [6.45, 7) is 3.18. The van der Waals surface area contributed by atoms with Crippen LogP contribution in [-0.4, -0.2) is 27.2 Å². The Hall–Kier alpha value is -1.17. The number of carbonyl (C=O) groups is 1. The van der Waals surface area contributed by atoms with Crippen LogP contribution in [0.15, 0.2) is 0 Å². The molecule has 0 atom stereocenters. The fraction of sp³-hybridized carbons (Fsp3) is 0.667. The number of aromatic amines is 1. The van der Waals surface area contributed by atoms with Crippen molar-refractivity contribution in [2.45, 2.75) is 26.3 Å². The van der Waals surface area contributed by atoms with Crippen molar-refractivity contribution >= 4 is 18.1 Å². The maximum atomic E-state index is 11.3. The van der Waals surface area contributed by atoms with Gasteiger partial charge in [0.15, 0.2) is 4.77 Å². The molecule has 0 radical (unpaired) electrons. The highest BCUT2D eigenvalue weighted by Gasteiger charge is 2.28. The molecule has 0 spiro atoms. The Balaban J connectivity index is 1.82. The SMILES string of the molecule is Cc1n[nH]c(=S)n1CCNC(=O)C1CC1. The largest absolute Gasteiger partial charge is 0.354 e. The lowest BCUT2D eigenvalue weighted by Crippen LogP contribution is -2.28. The summed E-state index contributed by atoms with van der Waals surface area (Å²) in [4.78, 5) is 11.3. The zero-order valence-corrected chi connectivity index (χ0v) is 9.43. The first-order valence-corrected chi connectivity index (χ1v) is 5.49. The van der Waals surface area contributed by atoms with Crippen LogP contribution in [-0.2, 0) is 11.3 Å². The Morgan fingerprint density at radius 3 is 3.00 bits per heavy atom. The second kappa shape index (κ2) is 4.14. The van der Waals surface area contributed by atoms with E-state index < -0.39 is 0 Å². The molecule has 2 N–H and O–H groups in total. The molecular weight excluding hydrogens is 212 g/mol. The number of nitrogens with zero attached hydrogens (tertiary/aromatic N) is 2. The van der Waals surface area contributed by atoms with Gasteiger partial charge < -0.3 is 9.88 Å². The molecule has 1 aliphatic carbocycles. The van der Waals surface area contributed by atoms with Crippen LogP contribution in [0.5, 0.6) is 0 Å². The Kier molecular flexibility index (Phi) is 2.86. The second-order valence-electron chi connectivity index (χ2n) is 3.79. The summed E-state index contributed by atoms with van der Waals surface area (Å²) in [5, 5.41) is 9.60. The number of hydrogen-bond donors (Lipinski definition) is 2. The molecule has 1 saturated carbocycles. The molecule has 1 heterocycles. The summed E-state index contributed by atoms with van der Waals surface area (Å²) < 4.78 is 2.48. The molecule has 0 unspecified atom stereocenters. The molecule has 82 valence electrons. The van der Waals surface area contributed by atoms with Crippen LogP contribution in [0.1, 0.15) is 18.7 Å². The van der Waals surface area contributed by atoms with Crippen molar-refractivity contribution < 1.29 is 4.79 Å². The average Bonchev–Trinajstić information content (AvgIpc) is 2.99. The van der Waals surface area contributed by atoms with Crippen LogP contribution in [0.2, 0.25) is 0 Å². The third kappa shape index (κ3) is 2.44. The minimum Gasteiger partial charge on any atom is -0.354 e. The Labute approximate surface area is 92.9 Å². The van der Waals surface area contributed by atoms with E-state index in [2.05, 4.69) is 15.5 Å². The molecule has 1 fully saturated rings. The van der Waals surface area contributed by atoms with Gasteiger partial charge in [-0.25, -0.2) is 0 Å². The number of aryl methyl sites for hydroxylation is 1. The summed E-state index contributed by atoms with van der Waals surface area (Å²) in [5.41, 5.74) is 0. The van der Waals surface area contributed by atoms with Gasteiger partial charge in [-0.15, -0.1) is 0 Å². The van der Waals surface area contributed by atoms with Gasteiger partial charge in [0.2, 0.25) is 5.91 Å². The van der Waals surface area contributed by atoms with Crippen molar-refractivity contribution in [3.63, 3.8) is 0 Å². The summed E-state index contributed by atoms with van der Waals surface area (Å²) in [6.07, 6.45) is 2.08. The van der Waals surface area contributed by atoms with Gasteiger partial charge in [0, 0.05) is 19.0 Å². The maximum Gasteiger partial charge on any atom is 0.223 e. The highest BCUT2D eigenvalue weighted by molar-refractivity contribution is 7.71. The van der Waals surface area contributed by atoms with E-state index in [4.69, 9.17) is 12.2 Å². The molecule has 0 saturated heterocycles. The fourth-order valence-corrected chi connectivity index (χ4v) is 1.71. The van der Waals surface area contributed by atoms with Crippen molar-refractivity contribution in [2.24, 2.45) is 5.92 Å². The van der Waals surface area contributed by atoms with Gasteiger partial charge in [-0.2, -0.15) is 5.10 Å². The Morgan fingerprint density at radius 1 is 1.73 bits per heavy atom. The van der Waals surface area contributed by atoms with Crippen molar-refractivity contribution in [2.75, 3.05) is 6.54 Å². The molecule has 1 aliphatic rings. The van der Waals surface area contributed by atoms with Crippen LogP contribution < -0.4 is 5.32 Å². The van der Waals surface area contributed by atoms with Gasteiger partial charge in [0.1, 0.15) is 5.82 Å². The lowest BCUT2D eigenvalue weighted by molar-refractivity contribution is -0.122. The Bertz CT molecular complexity index is 418. The van der Waals surface area contributed by atoms with E-state index in [1.54, 1.807) is 0 Å². The summed E-state index contributed by atoms with van der Waals surface area (Å²) >= 11 is 5.05. The molecule has 0 bridgehead atoms. The van der Waals surface area contributed by atoms with Crippen molar-refractivity contribution in [1.29, 1.82) is 0 Å². The standard InChI is InChI=1S/C9H14N4OS/c1-6-11-12-9(15)13(6)5-4-10-8(14)7-2-3-7/h7H,2-5H2,1H3,(H,10,14)(H,12,15). The van der Waals surface area contributed by atoms with E-state index in [1.807, 2.05) is 11.5 Å². The normalized spacial score (nSPS) is 15.3.